The van der Waals surface area contributed by atoms with E-state index in [0.717, 1.165) is 12.1 Å². The van der Waals surface area contributed by atoms with E-state index in [4.69, 9.17) is 4.74 Å². The van der Waals surface area contributed by atoms with Gasteiger partial charge in [-0.15, -0.1) is 0 Å². The van der Waals surface area contributed by atoms with Gasteiger partial charge in [0.25, 0.3) is 0 Å². The number of rotatable bonds is 3. The number of amides is 2. The highest BCUT2D eigenvalue weighted by Crippen LogP contribution is 2.23. The number of benzene rings is 2. The van der Waals surface area contributed by atoms with Gasteiger partial charge in [-0.3, -0.25) is 9.59 Å². The molecule has 0 fully saturated rings. The summed E-state index contributed by atoms with van der Waals surface area (Å²) in [7, 11) is 1.42. The van der Waals surface area contributed by atoms with Crippen molar-refractivity contribution in [2.75, 3.05) is 17.7 Å². The Balaban J connectivity index is 2.08. The molecule has 0 aromatic heterocycles. The van der Waals surface area contributed by atoms with Gasteiger partial charge in [0.1, 0.15) is 17.4 Å². The summed E-state index contributed by atoms with van der Waals surface area (Å²) in [5.74, 6) is -3.48. The number of nitrogens with one attached hydrogen (secondary N) is 2. The lowest BCUT2D eigenvalue weighted by Crippen LogP contribution is -2.29. The number of halogens is 2. The highest BCUT2D eigenvalue weighted by atomic mass is 19.1. The van der Waals surface area contributed by atoms with Gasteiger partial charge < -0.3 is 15.4 Å². The molecule has 5 nitrogen and oxygen atoms in total. The maximum Gasteiger partial charge on any atom is 0.314 e. The molecule has 114 valence electrons. The zero-order valence-corrected chi connectivity index (χ0v) is 11.5. The fourth-order valence-electron chi connectivity index (χ4n) is 1.70. The number of anilines is 2. The highest BCUT2D eigenvalue weighted by Gasteiger charge is 2.17. The number of ether oxygens (including phenoxy) is 1. The average molecular weight is 306 g/mol. The molecule has 0 aliphatic carbocycles. The Hall–Kier alpha value is -2.96. The van der Waals surface area contributed by atoms with Crippen molar-refractivity contribution in [1.82, 2.24) is 0 Å². The third kappa shape index (κ3) is 3.57. The van der Waals surface area contributed by atoms with Crippen LogP contribution >= 0.6 is 0 Å². The fraction of sp³-hybridized carbons (Fsp3) is 0.0667. The Kier molecular flexibility index (Phi) is 4.67. The quantitative estimate of drug-likeness (QED) is 0.856. The summed E-state index contributed by atoms with van der Waals surface area (Å²) >= 11 is 0. The van der Waals surface area contributed by atoms with Gasteiger partial charge in [-0.1, -0.05) is 12.1 Å². The van der Waals surface area contributed by atoms with Crippen LogP contribution in [0.15, 0.2) is 42.5 Å². The Bertz CT molecular complexity index is 720. The van der Waals surface area contributed by atoms with Crippen LogP contribution in [0, 0.1) is 11.6 Å². The molecule has 22 heavy (non-hydrogen) atoms. The first-order chi connectivity index (χ1) is 10.5. The maximum absolute atomic E-state index is 13.4. The van der Waals surface area contributed by atoms with Crippen molar-refractivity contribution >= 4 is 23.2 Å². The van der Waals surface area contributed by atoms with Crippen LogP contribution in [0.4, 0.5) is 20.2 Å². The first-order valence-corrected chi connectivity index (χ1v) is 6.21. The molecule has 0 aliphatic heterocycles. The van der Waals surface area contributed by atoms with E-state index in [-0.39, 0.29) is 5.69 Å². The van der Waals surface area contributed by atoms with Gasteiger partial charge in [0.2, 0.25) is 0 Å². The largest absolute Gasteiger partial charge is 0.495 e. The molecule has 2 N–H and O–H groups in total. The van der Waals surface area contributed by atoms with Gasteiger partial charge in [0.15, 0.2) is 0 Å². The van der Waals surface area contributed by atoms with E-state index in [1.165, 1.54) is 7.11 Å². The second kappa shape index (κ2) is 6.66. The smallest absolute Gasteiger partial charge is 0.314 e. The van der Waals surface area contributed by atoms with Gasteiger partial charge in [-0.05, 0) is 24.3 Å². The lowest BCUT2D eigenvalue weighted by molar-refractivity contribution is -0.133. The molecule has 0 spiro atoms. The molecule has 0 saturated heterocycles. The van der Waals surface area contributed by atoms with Crippen LogP contribution in [-0.2, 0) is 9.59 Å². The summed E-state index contributed by atoms with van der Waals surface area (Å²) in [5, 5.41) is 4.40. The molecule has 2 aromatic carbocycles. The Labute approximate surface area is 124 Å². The molecule has 2 amide bonds. The predicted molar refractivity (Wildman–Crippen MR) is 76.6 cm³/mol. The molecular formula is C15H12F2N2O3. The van der Waals surface area contributed by atoms with Crippen molar-refractivity contribution in [1.29, 1.82) is 0 Å². The first-order valence-electron chi connectivity index (χ1n) is 6.21. The van der Waals surface area contributed by atoms with Gasteiger partial charge in [-0.2, -0.15) is 0 Å². The van der Waals surface area contributed by atoms with E-state index in [9.17, 15) is 18.4 Å². The average Bonchev–Trinajstić information content (AvgIpc) is 2.50. The lowest BCUT2D eigenvalue weighted by Gasteiger charge is -2.10. The monoisotopic (exact) mass is 306 g/mol. The van der Waals surface area contributed by atoms with Crippen LogP contribution in [0.2, 0.25) is 0 Å². The van der Waals surface area contributed by atoms with Crippen molar-refractivity contribution in [2.24, 2.45) is 0 Å². The molecule has 0 aliphatic rings. The molecule has 7 heteroatoms. The van der Waals surface area contributed by atoms with Gasteiger partial charge in [0.05, 0.1) is 18.5 Å². The molecule has 0 bridgehead atoms. The van der Waals surface area contributed by atoms with E-state index < -0.39 is 23.4 Å². The maximum atomic E-state index is 13.4. The molecule has 2 aromatic rings. The summed E-state index contributed by atoms with van der Waals surface area (Å²) < 4.78 is 31.2. The summed E-state index contributed by atoms with van der Waals surface area (Å²) in [6, 6.07) is 9.09. The standard InChI is InChI=1S/C15H12F2N2O3/c1-22-13-5-3-2-4-12(13)19-15(21)14(20)18-11-7-6-9(16)8-10(11)17/h2-8H,1H3,(H,18,20)(H,19,21). The second-order valence-corrected chi connectivity index (χ2v) is 4.23. The zero-order chi connectivity index (χ0) is 16.1. The van der Waals surface area contributed by atoms with Gasteiger partial charge in [0, 0.05) is 6.07 Å². The highest BCUT2D eigenvalue weighted by molar-refractivity contribution is 6.43. The van der Waals surface area contributed by atoms with Crippen molar-refractivity contribution in [2.45, 2.75) is 0 Å². The van der Waals surface area contributed by atoms with E-state index in [2.05, 4.69) is 10.6 Å². The van der Waals surface area contributed by atoms with E-state index in [0.29, 0.717) is 17.5 Å². The van der Waals surface area contributed by atoms with Crippen LogP contribution in [0.5, 0.6) is 5.75 Å². The normalized spacial score (nSPS) is 9.95. The topological polar surface area (TPSA) is 67.4 Å². The Morgan fingerprint density at radius 3 is 2.23 bits per heavy atom. The number of para-hydroxylation sites is 2. The third-order valence-corrected chi connectivity index (χ3v) is 2.74. The van der Waals surface area contributed by atoms with Crippen LogP contribution in [-0.4, -0.2) is 18.9 Å². The lowest BCUT2D eigenvalue weighted by atomic mass is 10.2. The third-order valence-electron chi connectivity index (χ3n) is 2.74. The minimum absolute atomic E-state index is 0.290. The summed E-state index contributed by atoms with van der Waals surface area (Å²) in [4.78, 5) is 23.5. The SMILES string of the molecule is COc1ccccc1NC(=O)C(=O)Nc1ccc(F)cc1F. The minimum atomic E-state index is -1.09. The predicted octanol–water partition coefficient (Wildman–Crippen LogP) is 2.55. The zero-order valence-electron chi connectivity index (χ0n) is 11.5. The van der Waals surface area contributed by atoms with Crippen LogP contribution in [0.3, 0.4) is 0 Å². The number of hydrogen-bond donors (Lipinski definition) is 2. The van der Waals surface area contributed by atoms with Crippen LogP contribution in [0.1, 0.15) is 0 Å². The fourth-order valence-corrected chi connectivity index (χ4v) is 1.70. The molecule has 0 heterocycles. The molecule has 2 rings (SSSR count). The molecule has 0 unspecified atom stereocenters. The Morgan fingerprint density at radius 2 is 1.59 bits per heavy atom. The van der Waals surface area contributed by atoms with E-state index in [1.807, 2.05) is 0 Å². The summed E-state index contributed by atoms with van der Waals surface area (Å²) in [5.41, 5.74) is 0.00584. The van der Waals surface area contributed by atoms with Crippen molar-refractivity contribution in [3.8, 4) is 5.75 Å². The van der Waals surface area contributed by atoms with Crippen molar-refractivity contribution in [3.63, 3.8) is 0 Å². The Morgan fingerprint density at radius 1 is 0.955 bits per heavy atom. The van der Waals surface area contributed by atoms with E-state index in [1.54, 1.807) is 24.3 Å². The second-order valence-electron chi connectivity index (χ2n) is 4.23. The molecule has 0 atom stereocenters. The van der Waals surface area contributed by atoms with Gasteiger partial charge in [-0.25, -0.2) is 8.78 Å². The first kappa shape index (κ1) is 15.4. The van der Waals surface area contributed by atoms with Crippen LogP contribution in [0.25, 0.3) is 0 Å². The number of carbonyl (C=O) groups is 2. The molecule has 0 radical (unpaired) electrons. The summed E-state index contributed by atoms with van der Waals surface area (Å²) in [6.45, 7) is 0. The van der Waals surface area contributed by atoms with Crippen LogP contribution < -0.4 is 15.4 Å². The van der Waals surface area contributed by atoms with Crippen molar-refractivity contribution < 1.29 is 23.1 Å². The molecular weight excluding hydrogens is 294 g/mol. The van der Waals surface area contributed by atoms with Crippen molar-refractivity contribution in [3.05, 3.63) is 54.1 Å². The van der Waals surface area contributed by atoms with E-state index >= 15 is 0 Å². The molecule has 0 saturated carbocycles. The minimum Gasteiger partial charge on any atom is -0.495 e. The summed E-state index contributed by atoms with van der Waals surface area (Å²) in [6.07, 6.45) is 0. The van der Waals surface area contributed by atoms with Gasteiger partial charge >= 0.3 is 11.8 Å². The number of carbonyl (C=O) groups excluding carboxylic acids is 2. The number of hydrogen-bond acceptors (Lipinski definition) is 3. The number of methoxy groups -OCH3 is 1.